The van der Waals surface area contributed by atoms with E-state index in [0.717, 1.165) is 11.1 Å². The maximum atomic E-state index is 14.2. The molecular formula is C20H24F2N4O3. The molecule has 1 aromatic carbocycles. The summed E-state index contributed by atoms with van der Waals surface area (Å²) < 4.78 is 28.4. The lowest BCUT2D eigenvalue weighted by atomic mass is 10.0. The molecule has 0 aromatic heterocycles. The van der Waals surface area contributed by atoms with Gasteiger partial charge < -0.3 is 15.5 Å². The van der Waals surface area contributed by atoms with Crippen LogP contribution in [-0.4, -0.2) is 53.7 Å². The van der Waals surface area contributed by atoms with Crippen LogP contribution in [0.15, 0.2) is 18.2 Å². The standard InChI is InChI=1S/C20H24F2N4O3/c21-20(22)6-8-23-7-5-16(20)24-10-12-1-2-13-11-26(19(29)14(13)9-12)15-3-4-17(27)25-18(15)28/h1-2,9,15-16,23-24H,3-8,10-11H2,(H,25,27,28). The Hall–Kier alpha value is -2.39. The molecule has 3 amide bonds. The summed E-state index contributed by atoms with van der Waals surface area (Å²) in [7, 11) is 0. The summed E-state index contributed by atoms with van der Waals surface area (Å²) in [5, 5.41) is 8.21. The second-order valence-corrected chi connectivity index (χ2v) is 7.87. The lowest BCUT2D eigenvalue weighted by Gasteiger charge is -2.29. The average Bonchev–Trinajstić information content (AvgIpc) is 2.88. The van der Waals surface area contributed by atoms with E-state index in [1.807, 2.05) is 12.1 Å². The largest absolute Gasteiger partial charge is 0.322 e. The highest BCUT2D eigenvalue weighted by Crippen LogP contribution is 2.29. The number of amides is 3. The Morgan fingerprint density at radius 1 is 1.17 bits per heavy atom. The molecule has 2 unspecified atom stereocenters. The van der Waals surface area contributed by atoms with Crippen LogP contribution in [0.25, 0.3) is 0 Å². The average molecular weight is 406 g/mol. The molecule has 29 heavy (non-hydrogen) atoms. The van der Waals surface area contributed by atoms with Crippen molar-refractivity contribution in [2.45, 2.75) is 56.8 Å². The van der Waals surface area contributed by atoms with Crippen LogP contribution in [0.2, 0.25) is 0 Å². The van der Waals surface area contributed by atoms with E-state index in [4.69, 9.17) is 0 Å². The summed E-state index contributed by atoms with van der Waals surface area (Å²) in [5.74, 6) is -3.82. The van der Waals surface area contributed by atoms with Gasteiger partial charge in [-0.15, -0.1) is 0 Å². The SMILES string of the molecule is O=C1CCC(N2Cc3ccc(CNC4CCNCCC4(F)F)cc3C2=O)C(=O)N1. The number of fused-ring (bicyclic) bond motifs is 1. The lowest BCUT2D eigenvalue weighted by Crippen LogP contribution is -2.52. The van der Waals surface area contributed by atoms with Crippen molar-refractivity contribution < 1.29 is 23.2 Å². The van der Waals surface area contributed by atoms with Crippen molar-refractivity contribution >= 4 is 17.7 Å². The molecule has 156 valence electrons. The van der Waals surface area contributed by atoms with Gasteiger partial charge in [0.15, 0.2) is 0 Å². The van der Waals surface area contributed by atoms with E-state index < -0.39 is 23.9 Å². The van der Waals surface area contributed by atoms with Crippen molar-refractivity contribution in [1.82, 2.24) is 20.9 Å². The number of imide groups is 1. The molecular weight excluding hydrogens is 382 g/mol. The number of hydrogen-bond donors (Lipinski definition) is 3. The molecule has 3 heterocycles. The van der Waals surface area contributed by atoms with Crippen molar-refractivity contribution in [3.63, 3.8) is 0 Å². The van der Waals surface area contributed by atoms with Gasteiger partial charge in [-0.3, -0.25) is 19.7 Å². The fourth-order valence-corrected chi connectivity index (χ4v) is 4.22. The predicted octanol–water partition coefficient (Wildman–Crippen LogP) is 0.925. The minimum Gasteiger partial charge on any atom is -0.322 e. The van der Waals surface area contributed by atoms with Gasteiger partial charge in [0.25, 0.3) is 11.8 Å². The van der Waals surface area contributed by atoms with Crippen molar-refractivity contribution in [2.24, 2.45) is 0 Å². The van der Waals surface area contributed by atoms with E-state index in [1.54, 1.807) is 6.07 Å². The van der Waals surface area contributed by atoms with Gasteiger partial charge in [-0.05, 0) is 36.6 Å². The Kier molecular flexibility index (Phi) is 5.35. The van der Waals surface area contributed by atoms with Crippen molar-refractivity contribution in [1.29, 1.82) is 0 Å². The highest BCUT2D eigenvalue weighted by molar-refractivity contribution is 6.05. The normalized spacial score (nSPS) is 26.8. The summed E-state index contributed by atoms with van der Waals surface area (Å²) in [6, 6.07) is 3.76. The topological polar surface area (TPSA) is 90.5 Å². The number of hydrogen-bond acceptors (Lipinski definition) is 5. The van der Waals surface area contributed by atoms with Gasteiger partial charge >= 0.3 is 0 Å². The zero-order valence-corrected chi connectivity index (χ0v) is 16.0. The smallest absolute Gasteiger partial charge is 0.264 e. The number of carbonyl (C=O) groups is 3. The summed E-state index contributed by atoms with van der Waals surface area (Å²) in [4.78, 5) is 37.8. The summed E-state index contributed by atoms with van der Waals surface area (Å²) in [6.45, 7) is 1.38. The third kappa shape index (κ3) is 4.02. The fourth-order valence-electron chi connectivity index (χ4n) is 4.22. The lowest BCUT2D eigenvalue weighted by molar-refractivity contribution is -0.136. The molecule has 0 saturated carbocycles. The highest BCUT2D eigenvalue weighted by atomic mass is 19.3. The first-order chi connectivity index (χ1) is 13.8. The van der Waals surface area contributed by atoms with Crippen LogP contribution in [-0.2, 0) is 22.7 Å². The van der Waals surface area contributed by atoms with E-state index in [9.17, 15) is 23.2 Å². The van der Waals surface area contributed by atoms with Gasteiger partial charge in [-0.2, -0.15) is 0 Å². The number of benzene rings is 1. The number of halogens is 2. The summed E-state index contributed by atoms with van der Waals surface area (Å²) in [5.41, 5.74) is 2.03. The molecule has 9 heteroatoms. The zero-order valence-electron chi connectivity index (χ0n) is 16.0. The molecule has 3 aliphatic heterocycles. The number of piperidine rings is 1. The Bertz CT molecular complexity index is 845. The van der Waals surface area contributed by atoms with Crippen LogP contribution in [0, 0.1) is 0 Å². The van der Waals surface area contributed by atoms with Crippen LogP contribution in [0.3, 0.4) is 0 Å². The molecule has 3 N–H and O–H groups in total. The molecule has 4 rings (SSSR count). The number of nitrogens with zero attached hydrogens (tertiary/aromatic N) is 1. The molecule has 0 spiro atoms. The van der Waals surface area contributed by atoms with Gasteiger partial charge in [0, 0.05) is 38.0 Å². The van der Waals surface area contributed by atoms with E-state index in [0.29, 0.717) is 38.0 Å². The van der Waals surface area contributed by atoms with Crippen LogP contribution < -0.4 is 16.0 Å². The molecule has 2 saturated heterocycles. The molecule has 2 fully saturated rings. The van der Waals surface area contributed by atoms with Crippen LogP contribution in [0.5, 0.6) is 0 Å². The Labute approximate surface area is 167 Å². The first-order valence-electron chi connectivity index (χ1n) is 9.93. The maximum Gasteiger partial charge on any atom is 0.264 e. The van der Waals surface area contributed by atoms with E-state index >= 15 is 0 Å². The minimum atomic E-state index is -2.78. The zero-order chi connectivity index (χ0) is 20.6. The van der Waals surface area contributed by atoms with Crippen LogP contribution in [0.4, 0.5) is 8.78 Å². The number of rotatable bonds is 4. The van der Waals surface area contributed by atoms with Gasteiger partial charge in [0.1, 0.15) is 6.04 Å². The highest BCUT2D eigenvalue weighted by Gasteiger charge is 2.41. The molecule has 1 aromatic rings. The van der Waals surface area contributed by atoms with Gasteiger partial charge in [-0.25, -0.2) is 8.78 Å². The van der Waals surface area contributed by atoms with Crippen molar-refractivity contribution in [2.75, 3.05) is 13.1 Å². The first kappa shape index (κ1) is 19.9. The predicted molar refractivity (Wildman–Crippen MR) is 100 cm³/mol. The second kappa shape index (κ2) is 7.79. The first-order valence-corrected chi connectivity index (χ1v) is 9.93. The fraction of sp³-hybridized carbons (Fsp3) is 0.550. The van der Waals surface area contributed by atoms with Crippen molar-refractivity contribution in [3.05, 3.63) is 34.9 Å². The Morgan fingerprint density at radius 3 is 2.79 bits per heavy atom. The third-order valence-electron chi connectivity index (χ3n) is 5.90. The molecule has 0 aliphatic carbocycles. The number of alkyl halides is 2. The summed E-state index contributed by atoms with van der Waals surface area (Å²) in [6.07, 6.45) is 0.647. The molecule has 0 bridgehead atoms. The minimum absolute atomic E-state index is 0.200. The Balaban J connectivity index is 1.44. The molecule has 0 radical (unpaired) electrons. The Morgan fingerprint density at radius 2 is 2.00 bits per heavy atom. The second-order valence-electron chi connectivity index (χ2n) is 7.87. The quantitative estimate of drug-likeness (QED) is 0.647. The number of carbonyl (C=O) groups excluding carboxylic acids is 3. The molecule has 3 aliphatic rings. The van der Waals surface area contributed by atoms with E-state index in [2.05, 4.69) is 16.0 Å². The van der Waals surface area contributed by atoms with Gasteiger partial charge in [0.2, 0.25) is 11.8 Å². The van der Waals surface area contributed by atoms with Crippen LogP contribution >= 0.6 is 0 Å². The van der Waals surface area contributed by atoms with Crippen LogP contribution in [0.1, 0.15) is 47.2 Å². The van der Waals surface area contributed by atoms with Gasteiger partial charge in [0.05, 0.1) is 6.04 Å². The monoisotopic (exact) mass is 406 g/mol. The van der Waals surface area contributed by atoms with Gasteiger partial charge in [-0.1, -0.05) is 12.1 Å². The van der Waals surface area contributed by atoms with E-state index in [1.165, 1.54) is 4.90 Å². The summed E-state index contributed by atoms with van der Waals surface area (Å²) >= 11 is 0. The third-order valence-corrected chi connectivity index (χ3v) is 5.90. The maximum absolute atomic E-state index is 14.2. The number of nitrogens with one attached hydrogen (secondary N) is 3. The van der Waals surface area contributed by atoms with Crippen molar-refractivity contribution in [3.8, 4) is 0 Å². The molecule has 2 atom stereocenters. The molecule has 7 nitrogen and oxygen atoms in total. The van der Waals surface area contributed by atoms with E-state index in [-0.39, 0.29) is 31.2 Å².